The number of carboxylic acid groups (broad SMARTS) is 1. The van der Waals surface area contributed by atoms with E-state index in [1.807, 2.05) is 37.3 Å². The summed E-state index contributed by atoms with van der Waals surface area (Å²) in [7, 11) is 0. The van der Waals surface area contributed by atoms with Crippen molar-refractivity contribution < 1.29 is 9.90 Å². The Labute approximate surface area is 134 Å². The molecule has 0 bridgehead atoms. The highest BCUT2D eigenvalue weighted by molar-refractivity contribution is 6.36. The van der Waals surface area contributed by atoms with Gasteiger partial charge in [-0.15, -0.1) is 0 Å². The average Bonchev–Trinajstić information content (AvgIpc) is 2.48. The number of carbonyl (C=O) groups is 1. The third kappa shape index (κ3) is 3.07. The van der Waals surface area contributed by atoms with Crippen LogP contribution in [0.15, 0.2) is 48.5 Å². The fourth-order valence-corrected chi connectivity index (χ4v) is 3.07. The van der Waals surface area contributed by atoms with Crippen molar-refractivity contribution in [3.05, 3.63) is 69.7 Å². The zero-order valence-corrected chi connectivity index (χ0v) is 13.2. The summed E-state index contributed by atoms with van der Waals surface area (Å²) in [5.74, 6) is -0.868. The molecule has 0 radical (unpaired) electrons. The molecule has 1 atom stereocenters. The number of aliphatic carboxylic acids is 1. The second-order valence-corrected chi connectivity index (χ2v) is 5.80. The molecule has 0 aliphatic heterocycles. The highest BCUT2D eigenvalue weighted by Crippen LogP contribution is 2.37. The normalized spacial score (nSPS) is 13.7. The van der Waals surface area contributed by atoms with Crippen LogP contribution in [0.1, 0.15) is 24.5 Å². The Balaban J connectivity index is 2.55. The van der Waals surface area contributed by atoms with E-state index in [1.165, 1.54) is 0 Å². The Kier molecular flexibility index (Phi) is 4.92. The Hall–Kier alpha value is -1.51. The molecule has 2 rings (SSSR count). The van der Waals surface area contributed by atoms with E-state index in [-0.39, 0.29) is 6.42 Å². The van der Waals surface area contributed by atoms with Gasteiger partial charge in [0.15, 0.2) is 0 Å². The third-order valence-electron chi connectivity index (χ3n) is 3.88. The summed E-state index contributed by atoms with van der Waals surface area (Å²) in [4.78, 5) is 12.0. The molecular formula is C17H16Cl2O2. The second-order valence-electron chi connectivity index (χ2n) is 4.98. The van der Waals surface area contributed by atoms with Gasteiger partial charge < -0.3 is 5.11 Å². The molecule has 21 heavy (non-hydrogen) atoms. The molecule has 1 unspecified atom stereocenters. The Morgan fingerprint density at radius 1 is 1.05 bits per heavy atom. The van der Waals surface area contributed by atoms with Gasteiger partial charge in [-0.2, -0.15) is 0 Å². The molecule has 0 aromatic heterocycles. The fourth-order valence-electron chi connectivity index (χ4n) is 2.54. The van der Waals surface area contributed by atoms with Gasteiger partial charge in [-0.3, -0.25) is 4.79 Å². The van der Waals surface area contributed by atoms with Crippen LogP contribution >= 0.6 is 23.2 Å². The molecule has 4 heteroatoms. The Morgan fingerprint density at radius 3 is 2.10 bits per heavy atom. The zero-order valence-electron chi connectivity index (χ0n) is 11.6. The minimum atomic E-state index is -1.03. The lowest BCUT2D eigenvalue weighted by Gasteiger charge is -2.29. The number of benzene rings is 2. The van der Waals surface area contributed by atoms with E-state index in [1.54, 1.807) is 18.2 Å². The molecule has 2 nitrogen and oxygen atoms in total. The summed E-state index contributed by atoms with van der Waals surface area (Å²) < 4.78 is 0. The molecule has 0 heterocycles. The van der Waals surface area contributed by atoms with Crippen molar-refractivity contribution in [2.45, 2.75) is 25.2 Å². The van der Waals surface area contributed by atoms with Crippen LogP contribution in [-0.2, 0) is 16.6 Å². The van der Waals surface area contributed by atoms with E-state index in [9.17, 15) is 9.90 Å². The predicted molar refractivity (Wildman–Crippen MR) is 86.2 cm³/mol. The monoisotopic (exact) mass is 322 g/mol. The molecule has 1 N–H and O–H groups in total. The minimum Gasteiger partial charge on any atom is -0.481 e. The molecule has 2 aromatic rings. The maximum absolute atomic E-state index is 12.0. The first-order valence-corrected chi connectivity index (χ1v) is 7.48. The lowest BCUT2D eigenvalue weighted by atomic mass is 9.73. The maximum Gasteiger partial charge on any atom is 0.314 e. The van der Waals surface area contributed by atoms with Crippen LogP contribution in [0.3, 0.4) is 0 Å². The zero-order chi connectivity index (χ0) is 15.5. The molecule has 0 aliphatic rings. The van der Waals surface area contributed by atoms with Crippen molar-refractivity contribution >= 4 is 29.2 Å². The van der Waals surface area contributed by atoms with Crippen molar-refractivity contribution in [1.29, 1.82) is 0 Å². The molecule has 0 aliphatic carbocycles. The fraction of sp³-hybridized carbons (Fsp3) is 0.235. The number of carboxylic acids is 1. The third-order valence-corrected chi connectivity index (χ3v) is 4.59. The highest BCUT2D eigenvalue weighted by Gasteiger charge is 2.39. The maximum atomic E-state index is 12.0. The van der Waals surface area contributed by atoms with Crippen molar-refractivity contribution in [1.82, 2.24) is 0 Å². The van der Waals surface area contributed by atoms with E-state index in [4.69, 9.17) is 23.2 Å². The van der Waals surface area contributed by atoms with E-state index in [0.717, 1.165) is 5.56 Å². The van der Waals surface area contributed by atoms with Gasteiger partial charge in [-0.05, 0) is 36.1 Å². The molecule has 0 fully saturated rings. The average molecular weight is 323 g/mol. The summed E-state index contributed by atoms with van der Waals surface area (Å²) in [6, 6.07) is 14.4. The van der Waals surface area contributed by atoms with Crippen molar-refractivity contribution in [2.24, 2.45) is 0 Å². The molecule has 110 valence electrons. The topological polar surface area (TPSA) is 37.3 Å². The van der Waals surface area contributed by atoms with Crippen LogP contribution in [0.2, 0.25) is 10.0 Å². The summed E-state index contributed by atoms with van der Waals surface area (Å²) in [6.45, 7) is 1.87. The van der Waals surface area contributed by atoms with Gasteiger partial charge >= 0.3 is 5.97 Å². The van der Waals surface area contributed by atoms with Crippen LogP contribution in [0.25, 0.3) is 0 Å². The van der Waals surface area contributed by atoms with E-state index in [2.05, 4.69) is 0 Å². The Bertz CT molecular complexity index is 620. The van der Waals surface area contributed by atoms with Crippen molar-refractivity contribution in [2.75, 3.05) is 0 Å². The lowest BCUT2D eigenvalue weighted by Crippen LogP contribution is -2.37. The van der Waals surface area contributed by atoms with E-state index < -0.39 is 11.4 Å². The van der Waals surface area contributed by atoms with Gasteiger partial charge in [0.2, 0.25) is 0 Å². The number of hydrogen-bond acceptors (Lipinski definition) is 1. The molecule has 0 saturated carbocycles. The van der Waals surface area contributed by atoms with Gasteiger partial charge in [0, 0.05) is 10.0 Å². The summed E-state index contributed by atoms with van der Waals surface area (Å²) in [5.41, 5.74) is 0.403. The van der Waals surface area contributed by atoms with Crippen LogP contribution in [0.5, 0.6) is 0 Å². The van der Waals surface area contributed by atoms with Crippen LogP contribution < -0.4 is 0 Å². The smallest absolute Gasteiger partial charge is 0.314 e. The predicted octanol–water partition coefficient (Wildman–Crippen LogP) is 4.97. The number of hydrogen-bond donors (Lipinski definition) is 1. The summed E-state index contributed by atoms with van der Waals surface area (Å²) >= 11 is 12.4. The molecular weight excluding hydrogens is 307 g/mol. The van der Waals surface area contributed by atoms with E-state index in [0.29, 0.717) is 22.0 Å². The van der Waals surface area contributed by atoms with Crippen molar-refractivity contribution in [3.63, 3.8) is 0 Å². The van der Waals surface area contributed by atoms with Gasteiger partial charge in [0.1, 0.15) is 0 Å². The second kappa shape index (κ2) is 6.50. The highest BCUT2D eigenvalue weighted by atomic mass is 35.5. The van der Waals surface area contributed by atoms with Gasteiger partial charge in [-0.25, -0.2) is 0 Å². The van der Waals surface area contributed by atoms with E-state index >= 15 is 0 Å². The summed E-state index contributed by atoms with van der Waals surface area (Å²) in [6.07, 6.45) is 0.718. The standard InChI is InChI=1S/C17H16Cl2O2/c1-2-17(16(20)21,12-7-4-3-5-8-12)11-13-14(18)9-6-10-15(13)19/h3-10H,2,11H2,1H3,(H,20,21). The van der Waals surface area contributed by atoms with Crippen LogP contribution in [0.4, 0.5) is 0 Å². The summed E-state index contributed by atoms with van der Waals surface area (Å²) in [5, 5.41) is 10.8. The van der Waals surface area contributed by atoms with Crippen LogP contribution in [0, 0.1) is 0 Å². The molecule has 0 spiro atoms. The largest absolute Gasteiger partial charge is 0.481 e. The first-order chi connectivity index (χ1) is 10.0. The quantitative estimate of drug-likeness (QED) is 0.843. The molecule has 0 amide bonds. The lowest BCUT2D eigenvalue weighted by molar-refractivity contribution is -0.144. The molecule has 0 saturated heterocycles. The SMILES string of the molecule is CCC(Cc1c(Cl)cccc1Cl)(C(=O)O)c1ccccc1. The van der Waals surface area contributed by atoms with Gasteiger partial charge in [0.05, 0.1) is 5.41 Å². The van der Waals surface area contributed by atoms with Gasteiger partial charge in [0.25, 0.3) is 0 Å². The first-order valence-electron chi connectivity index (χ1n) is 6.73. The number of halogens is 2. The van der Waals surface area contributed by atoms with Gasteiger partial charge in [-0.1, -0.05) is 66.5 Å². The van der Waals surface area contributed by atoms with Crippen LogP contribution in [-0.4, -0.2) is 11.1 Å². The molecule has 2 aromatic carbocycles. The minimum absolute atomic E-state index is 0.265. The first kappa shape index (κ1) is 15.9. The van der Waals surface area contributed by atoms with Crippen molar-refractivity contribution in [3.8, 4) is 0 Å². The Morgan fingerprint density at radius 2 is 1.62 bits per heavy atom. The number of rotatable bonds is 5.